The molecule has 2 aromatic rings. The van der Waals surface area contributed by atoms with Gasteiger partial charge in [-0.05, 0) is 18.8 Å². The predicted octanol–water partition coefficient (Wildman–Crippen LogP) is 2.92. The van der Waals surface area contributed by atoms with Gasteiger partial charge in [-0.2, -0.15) is 9.36 Å². The molecular weight excluding hydrogens is 340 g/mol. The highest BCUT2D eigenvalue weighted by atomic mass is 32.1. The highest BCUT2D eigenvalue weighted by molar-refractivity contribution is 7.10. The molecule has 0 bridgehead atoms. The van der Waals surface area contributed by atoms with Crippen LogP contribution < -0.4 is 5.32 Å². The molecule has 2 aliphatic rings. The van der Waals surface area contributed by atoms with Crippen LogP contribution in [0.25, 0.3) is 11.4 Å². The van der Waals surface area contributed by atoms with Crippen molar-refractivity contribution in [3.05, 3.63) is 30.3 Å². The molecular formula is C17H18N4O3S. The van der Waals surface area contributed by atoms with Crippen LogP contribution in [0.2, 0.25) is 0 Å². The molecule has 2 atom stereocenters. The summed E-state index contributed by atoms with van der Waals surface area (Å²) >= 11 is 1.12. The molecule has 25 heavy (non-hydrogen) atoms. The zero-order chi connectivity index (χ0) is 17.4. The Morgan fingerprint density at radius 2 is 2.12 bits per heavy atom. The number of nitrogens with zero attached hydrogens (tertiary/aromatic N) is 3. The smallest absolute Gasteiger partial charge is 0.323 e. The van der Waals surface area contributed by atoms with E-state index in [-0.39, 0.29) is 18.5 Å². The molecule has 0 radical (unpaired) electrons. The van der Waals surface area contributed by atoms with Crippen molar-refractivity contribution in [2.24, 2.45) is 11.3 Å². The van der Waals surface area contributed by atoms with Crippen molar-refractivity contribution >= 4 is 28.7 Å². The summed E-state index contributed by atoms with van der Waals surface area (Å²) in [6.45, 7) is 0.756. The average Bonchev–Trinajstić information content (AvgIpc) is 3.29. The van der Waals surface area contributed by atoms with Gasteiger partial charge in [0.2, 0.25) is 5.13 Å². The molecule has 7 nitrogen and oxygen atoms in total. The number of fused-ring (bicyclic) bond motifs is 1. The number of urea groups is 1. The van der Waals surface area contributed by atoms with Crippen LogP contribution in [0.15, 0.2) is 30.3 Å². The van der Waals surface area contributed by atoms with Crippen molar-refractivity contribution in [2.75, 3.05) is 18.4 Å². The Kier molecular flexibility index (Phi) is 3.91. The molecule has 4 rings (SSSR count). The second-order valence-corrected chi connectivity index (χ2v) is 7.40. The van der Waals surface area contributed by atoms with Gasteiger partial charge in [-0.1, -0.05) is 36.8 Å². The van der Waals surface area contributed by atoms with Crippen LogP contribution >= 0.6 is 11.5 Å². The summed E-state index contributed by atoms with van der Waals surface area (Å²) in [4.78, 5) is 30.2. The molecule has 2 heterocycles. The third-order valence-corrected chi connectivity index (χ3v) is 5.89. The van der Waals surface area contributed by atoms with E-state index in [2.05, 4.69) is 14.7 Å². The summed E-state index contributed by atoms with van der Waals surface area (Å²) < 4.78 is 4.27. The van der Waals surface area contributed by atoms with Gasteiger partial charge >= 0.3 is 12.0 Å². The van der Waals surface area contributed by atoms with E-state index in [1.54, 1.807) is 4.90 Å². The molecule has 130 valence electrons. The summed E-state index contributed by atoms with van der Waals surface area (Å²) in [5.74, 6) is -0.168. The fourth-order valence-electron chi connectivity index (χ4n) is 3.94. The number of aliphatic carboxylic acids is 1. The van der Waals surface area contributed by atoms with E-state index >= 15 is 0 Å². The summed E-state index contributed by atoms with van der Waals surface area (Å²) in [5, 5.41) is 12.8. The van der Waals surface area contributed by atoms with Gasteiger partial charge in [0.05, 0.1) is 5.41 Å². The number of benzene rings is 1. The molecule has 1 aliphatic heterocycles. The molecule has 1 aromatic heterocycles. The van der Waals surface area contributed by atoms with Gasteiger partial charge in [0.15, 0.2) is 5.82 Å². The maximum atomic E-state index is 12.5. The summed E-state index contributed by atoms with van der Waals surface area (Å²) in [7, 11) is 0. The minimum absolute atomic E-state index is 0.0463. The summed E-state index contributed by atoms with van der Waals surface area (Å²) in [6, 6.07) is 9.25. The summed E-state index contributed by atoms with van der Waals surface area (Å²) in [6.07, 6.45) is 2.43. The highest BCUT2D eigenvalue weighted by Gasteiger charge is 2.55. The van der Waals surface area contributed by atoms with E-state index in [0.717, 1.165) is 29.9 Å². The largest absolute Gasteiger partial charge is 0.481 e. The van der Waals surface area contributed by atoms with E-state index in [4.69, 9.17) is 0 Å². The molecule has 1 aromatic carbocycles. The first-order valence-corrected chi connectivity index (χ1v) is 9.04. The zero-order valence-electron chi connectivity index (χ0n) is 13.5. The first-order valence-electron chi connectivity index (χ1n) is 8.27. The van der Waals surface area contributed by atoms with E-state index < -0.39 is 11.4 Å². The second kappa shape index (κ2) is 6.11. The number of nitrogens with one attached hydrogen (secondary N) is 1. The van der Waals surface area contributed by atoms with E-state index in [9.17, 15) is 14.7 Å². The maximum absolute atomic E-state index is 12.5. The topological polar surface area (TPSA) is 95.4 Å². The third kappa shape index (κ3) is 2.76. The number of likely N-dealkylation sites (tertiary alicyclic amines) is 1. The quantitative estimate of drug-likeness (QED) is 0.879. The molecule has 2 N–H and O–H groups in total. The Hall–Kier alpha value is -2.48. The minimum atomic E-state index is -0.785. The Morgan fingerprint density at radius 3 is 2.84 bits per heavy atom. The molecule has 1 saturated carbocycles. The number of carbonyl (C=O) groups is 2. The van der Waals surface area contributed by atoms with E-state index in [1.165, 1.54) is 0 Å². The van der Waals surface area contributed by atoms with Gasteiger partial charge in [-0.15, -0.1) is 0 Å². The van der Waals surface area contributed by atoms with Gasteiger partial charge in [-0.3, -0.25) is 10.1 Å². The predicted molar refractivity (Wildman–Crippen MR) is 93.3 cm³/mol. The highest BCUT2D eigenvalue weighted by Crippen LogP contribution is 2.48. The number of carboxylic acid groups (broad SMARTS) is 1. The maximum Gasteiger partial charge on any atom is 0.323 e. The van der Waals surface area contributed by atoms with Crippen LogP contribution in [0, 0.1) is 11.3 Å². The minimum Gasteiger partial charge on any atom is -0.481 e. The Bertz CT molecular complexity index is 809. The lowest BCUT2D eigenvalue weighted by Gasteiger charge is -2.23. The number of amides is 2. The van der Waals surface area contributed by atoms with Crippen LogP contribution in [0.3, 0.4) is 0 Å². The molecule has 0 unspecified atom stereocenters. The van der Waals surface area contributed by atoms with Crippen LogP contribution in [-0.2, 0) is 4.79 Å². The molecule has 8 heteroatoms. The van der Waals surface area contributed by atoms with Gasteiger partial charge < -0.3 is 10.0 Å². The van der Waals surface area contributed by atoms with Gasteiger partial charge in [0, 0.05) is 30.2 Å². The zero-order valence-corrected chi connectivity index (χ0v) is 14.3. The van der Waals surface area contributed by atoms with Gasteiger partial charge in [-0.25, -0.2) is 4.79 Å². The normalized spacial score (nSPS) is 25.0. The lowest BCUT2D eigenvalue weighted by atomic mass is 9.81. The number of rotatable bonds is 3. The Balaban J connectivity index is 1.45. The fourth-order valence-corrected chi connectivity index (χ4v) is 4.52. The van der Waals surface area contributed by atoms with E-state index in [1.807, 2.05) is 30.3 Å². The van der Waals surface area contributed by atoms with E-state index in [0.29, 0.717) is 23.9 Å². The molecule has 2 fully saturated rings. The molecule has 2 amide bonds. The van der Waals surface area contributed by atoms with Crippen molar-refractivity contribution < 1.29 is 14.7 Å². The van der Waals surface area contributed by atoms with Gasteiger partial charge in [0.25, 0.3) is 0 Å². The van der Waals surface area contributed by atoms with Crippen LogP contribution in [0.4, 0.5) is 9.93 Å². The number of carboxylic acids is 1. The Labute approximate surface area is 148 Å². The molecule has 0 spiro atoms. The lowest BCUT2D eigenvalue weighted by Crippen LogP contribution is -2.38. The SMILES string of the molecule is O=C(Nc1nc(-c2ccccc2)ns1)N1C[C@@H]2CCC[C@@]2(C(=O)O)C1. The van der Waals surface area contributed by atoms with Gasteiger partial charge in [0.1, 0.15) is 0 Å². The number of anilines is 1. The first-order chi connectivity index (χ1) is 12.1. The van der Waals surface area contributed by atoms with Crippen LogP contribution in [0.1, 0.15) is 19.3 Å². The molecule has 1 aliphatic carbocycles. The van der Waals surface area contributed by atoms with Crippen LogP contribution in [-0.4, -0.2) is 44.5 Å². The number of carbonyl (C=O) groups excluding carboxylic acids is 1. The van der Waals surface area contributed by atoms with Crippen molar-refractivity contribution in [1.29, 1.82) is 0 Å². The van der Waals surface area contributed by atoms with Crippen molar-refractivity contribution in [3.63, 3.8) is 0 Å². The van der Waals surface area contributed by atoms with Crippen molar-refractivity contribution in [2.45, 2.75) is 19.3 Å². The number of hydrogen-bond acceptors (Lipinski definition) is 5. The number of aromatic nitrogens is 2. The third-order valence-electron chi connectivity index (χ3n) is 5.26. The lowest BCUT2D eigenvalue weighted by molar-refractivity contribution is -0.149. The van der Waals surface area contributed by atoms with Crippen molar-refractivity contribution in [3.8, 4) is 11.4 Å². The monoisotopic (exact) mass is 358 g/mol. The summed E-state index contributed by atoms with van der Waals surface area (Å²) in [5.41, 5.74) is 0.119. The fraction of sp³-hybridized carbons (Fsp3) is 0.412. The standard InChI is InChI=1S/C17H18N4O3S/c22-14(23)17-8-4-7-12(17)9-21(10-17)16(24)19-15-18-13(20-25-15)11-5-2-1-3-6-11/h1-3,5-6,12H,4,7-10H2,(H,22,23)(H,18,19,20,24)/t12-,17+/m0/s1. The molecule has 1 saturated heterocycles. The second-order valence-electron chi connectivity index (χ2n) is 6.65. The van der Waals surface area contributed by atoms with Crippen LogP contribution in [0.5, 0.6) is 0 Å². The van der Waals surface area contributed by atoms with Crippen molar-refractivity contribution in [1.82, 2.24) is 14.3 Å². The Morgan fingerprint density at radius 1 is 1.32 bits per heavy atom. The first kappa shape index (κ1) is 16.0. The number of hydrogen-bond donors (Lipinski definition) is 2. The average molecular weight is 358 g/mol.